The van der Waals surface area contributed by atoms with Crippen LogP contribution >= 0.6 is 11.6 Å². The second kappa shape index (κ2) is 6.25. The molecule has 6 rings (SSSR count). The van der Waals surface area contributed by atoms with Crippen LogP contribution < -0.4 is 10.9 Å². The molecular formula is C21H30ClN3O. The summed E-state index contributed by atoms with van der Waals surface area (Å²) in [6.07, 6.45) is 14.2. The Balaban J connectivity index is 1.45. The van der Waals surface area contributed by atoms with Gasteiger partial charge in [-0.15, -0.1) is 0 Å². The van der Waals surface area contributed by atoms with E-state index < -0.39 is 0 Å². The van der Waals surface area contributed by atoms with Crippen LogP contribution in [0.5, 0.6) is 0 Å². The third-order valence-corrected chi connectivity index (χ3v) is 8.19. The van der Waals surface area contributed by atoms with E-state index in [9.17, 15) is 4.79 Å². The molecule has 4 nitrogen and oxygen atoms in total. The largest absolute Gasteiger partial charge is 0.379 e. The first kappa shape index (κ1) is 17.1. The lowest BCUT2D eigenvalue weighted by Crippen LogP contribution is -2.55. The molecule has 142 valence electrons. The molecular weight excluding hydrogens is 346 g/mol. The van der Waals surface area contributed by atoms with Crippen LogP contribution in [0.2, 0.25) is 5.02 Å². The monoisotopic (exact) mass is 375 g/mol. The Bertz CT molecular complexity index is 723. The molecule has 0 unspecified atom stereocenters. The van der Waals surface area contributed by atoms with Crippen molar-refractivity contribution < 1.29 is 0 Å². The van der Waals surface area contributed by atoms with Crippen LogP contribution in [0.3, 0.4) is 0 Å². The maximum absolute atomic E-state index is 13.2. The summed E-state index contributed by atoms with van der Waals surface area (Å²) < 4.78 is 1.79. The Kier molecular flexibility index (Phi) is 4.11. The van der Waals surface area contributed by atoms with E-state index in [0.29, 0.717) is 17.0 Å². The maximum atomic E-state index is 13.2. The van der Waals surface area contributed by atoms with Gasteiger partial charge in [-0.05, 0) is 75.0 Å². The van der Waals surface area contributed by atoms with Crippen molar-refractivity contribution in [1.29, 1.82) is 0 Å². The normalized spacial score (nSPS) is 41.4. The number of anilines is 1. The van der Waals surface area contributed by atoms with E-state index in [4.69, 9.17) is 11.6 Å². The molecule has 5 aliphatic rings. The summed E-state index contributed by atoms with van der Waals surface area (Å²) in [5.41, 5.74) is 0.588. The average Bonchev–Trinajstić information content (AvgIpc) is 2.59. The molecule has 1 heterocycles. The number of hydrogen-bond acceptors (Lipinski definition) is 3. The fraction of sp³-hybridized carbons (Fsp3) is 0.810. The lowest BCUT2D eigenvalue weighted by atomic mass is 9.53. The Morgan fingerprint density at radius 2 is 1.73 bits per heavy atom. The van der Waals surface area contributed by atoms with Gasteiger partial charge in [0.2, 0.25) is 0 Å². The van der Waals surface area contributed by atoms with Gasteiger partial charge in [0.05, 0.1) is 17.4 Å². The molecule has 0 radical (unpaired) electrons. The standard InChI is InChI=1S/C21H30ClN3O/c1-13-4-2-3-5-17(13)24-18-12-23-25(20(26)19(18)22)21-9-14-6-15(10-21)8-16(7-14)11-21/h12-17,24H,2-11H2,1H3/t13-,14?,15?,16?,17-,21?/m0/s1. The molecule has 0 saturated heterocycles. The van der Waals surface area contributed by atoms with E-state index in [-0.39, 0.29) is 11.1 Å². The Morgan fingerprint density at radius 1 is 1.12 bits per heavy atom. The number of hydrogen-bond donors (Lipinski definition) is 1. The summed E-state index contributed by atoms with van der Waals surface area (Å²) in [6.45, 7) is 2.29. The molecule has 0 spiro atoms. The van der Waals surface area contributed by atoms with Crippen LogP contribution in [0.1, 0.15) is 71.1 Å². The van der Waals surface area contributed by atoms with Gasteiger partial charge in [0.1, 0.15) is 5.02 Å². The van der Waals surface area contributed by atoms with Crippen LogP contribution in [0.25, 0.3) is 0 Å². The first-order valence-electron chi connectivity index (χ1n) is 10.6. The number of rotatable bonds is 3. The SMILES string of the molecule is C[C@H]1CCCC[C@@H]1Nc1cnn(C23CC4CC(CC(C4)C2)C3)c(=O)c1Cl. The van der Waals surface area contributed by atoms with E-state index in [0.717, 1.165) is 49.1 Å². The Labute approximate surface area is 160 Å². The minimum atomic E-state index is -0.0814. The van der Waals surface area contributed by atoms with E-state index in [2.05, 4.69) is 17.3 Å². The van der Waals surface area contributed by atoms with Crippen LogP contribution in [-0.4, -0.2) is 15.8 Å². The van der Waals surface area contributed by atoms with E-state index in [1.165, 1.54) is 38.5 Å². The molecule has 5 saturated carbocycles. The second-order valence-electron chi connectivity index (χ2n) is 9.74. The molecule has 5 heteroatoms. The molecule has 2 atom stereocenters. The minimum absolute atomic E-state index is 0.0634. The Morgan fingerprint density at radius 3 is 2.35 bits per heavy atom. The predicted molar refractivity (Wildman–Crippen MR) is 105 cm³/mol. The van der Waals surface area contributed by atoms with Crippen LogP contribution in [0.15, 0.2) is 11.0 Å². The first-order valence-corrected chi connectivity index (χ1v) is 11.0. The van der Waals surface area contributed by atoms with Crippen molar-refractivity contribution in [3.05, 3.63) is 21.6 Å². The number of nitrogens with one attached hydrogen (secondary N) is 1. The molecule has 1 aromatic heterocycles. The molecule has 5 fully saturated rings. The van der Waals surface area contributed by atoms with Crippen molar-refractivity contribution in [3.8, 4) is 0 Å². The molecule has 1 aromatic rings. The highest BCUT2D eigenvalue weighted by Crippen LogP contribution is 2.58. The van der Waals surface area contributed by atoms with E-state index >= 15 is 0 Å². The fourth-order valence-corrected chi connectivity index (χ4v) is 7.11. The fourth-order valence-electron chi connectivity index (χ4n) is 6.93. The van der Waals surface area contributed by atoms with Gasteiger partial charge >= 0.3 is 0 Å². The summed E-state index contributed by atoms with van der Waals surface area (Å²) >= 11 is 6.57. The zero-order valence-corrected chi connectivity index (χ0v) is 16.5. The van der Waals surface area contributed by atoms with Crippen molar-refractivity contribution in [2.24, 2.45) is 23.7 Å². The molecule has 0 aliphatic heterocycles. The van der Waals surface area contributed by atoms with Crippen molar-refractivity contribution in [1.82, 2.24) is 9.78 Å². The van der Waals surface area contributed by atoms with E-state index in [1.807, 2.05) is 6.20 Å². The second-order valence-corrected chi connectivity index (χ2v) is 10.1. The van der Waals surface area contributed by atoms with Crippen LogP contribution in [-0.2, 0) is 5.54 Å². The van der Waals surface area contributed by atoms with Crippen molar-refractivity contribution in [2.75, 3.05) is 5.32 Å². The number of nitrogens with zero attached hydrogens (tertiary/aromatic N) is 2. The molecule has 4 bridgehead atoms. The highest BCUT2D eigenvalue weighted by molar-refractivity contribution is 6.32. The molecule has 0 amide bonds. The lowest BCUT2D eigenvalue weighted by Gasteiger charge is -2.56. The third-order valence-electron chi connectivity index (χ3n) is 7.83. The summed E-state index contributed by atoms with van der Waals surface area (Å²) in [7, 11) is 0. The predicted octanol–water partition coefficient (Wildman–Crippen LogP) is 4.81. The minimum Gasteiger partial charge on any atom is -0.379 e. The highest BCUT2D eigenvalue weighted by atomic mass is 35.5. The first-order chi connectivity index (χ1) is 12.5. The van der Waals surface area contributed by atoms with Crippen LogP contribution in [0, 0.1) is 23.7 Å². The summed E-state index contributed by atoms with van der Waals surface area (Å²) in [5.74, 6) is 2.98. The average molecular weight is 376 g/mol. The Hall–Kier alpha value is -1.03. The zero-order chi connectivity index (χ0) is 17.9. The van der Waals surface area contributed by atoms with Gasteiger partial charge in [-0.25, -0.2) is 4.68 Å². The number of halogens is 1. The summed E-state index contributed by atoms with van der Waals surface area (Å²) in [4.78, 5) is 13.2. The topological polar surface area (TPSA) is 46.9 Å². The van der Waals surface area contributed by atoms with Crippen molar-refractivity contribution in [3.63, 3.8) is 0 Å². The highest BCUT2D eigenvalue weighted by Gasteiger charge is 2.53. The third kappa shape index (κ3) is 2.71. The molecule has 26 heavy (non-hydrogen) atoms. The van der Waals surface area contributed by atoms with Gasteiger partial charge in [-0.3, -0.25) is 4.79 Å². The molecule has 5 aliphatic carbocycles. The van der Waals surface area contributed by atoms with Crippen molar-refractivity contribution >= 4 is 17.3 Å². The smallest absolute Gasteiger partial charge is 0.288 e. The van der Waals surface area contributed by atoms with Gasteiger partial charge in [0, 0.05) is 6.04 Å². The quantitative estimate of drug-likeness (QED) is 0.824. The summed E-state index contributed by atoms with van der Waals surface area (Å²) in [6, 6.07) is 0.401. The van der Waals surface area contributed by atoms with Crippen molar-refractivity contribution in [2.45, 2.75) is 82.7 Å². The van der Waals surface area contributed by atoms with Gasteiger partial charge in [0.15, 0.2) is 0 Å². The van der Waals surface area contributed by atoms with Gasteiger partial charge < -0.3 is 5.32 Å². The van der Waals surface area contributed by atoms with Crippen LogP contribution in [0.4, 0.5) is 5.69 Å². The van der Waals surface area contributed by atoms with Gasteiger partial charge in [-0.2, -0.15) is 5.10 Å². The van der Waals surface area contributed by atoms with E-state index in [1.54, 1.807) is 4.68 Å². The van der Waals surface area contributed by atoms with Gasteiger partial charge in [-0.1, -0.05) is 31.4 Å². The maximum Gasteiger partial charge on any atom is 0.288 e. The lowest BCUT2D eigenvalue weighted by molar-refractivity contribution is -0.0518. The number of aromatic nitrogens is 2. The molecule has 0 aromatic carbocycles. The zero-order valence-electron chi connectivity index (χ0n) is 15.7. The molecule has 1 N–H and O–H groups in total. The summed E-state index contributed by atoms with van der Waals surface area (Å²) in [5, 5.41) is 8.55. The van der Waals surface area contributed by atoms with Gasteiger partial charge in [0.25, 0.3) is 5.56 Å².